The minimum absolute atomic E-state index is 0.0372. The Morgan fingerprint density at radius 2 is 1.95 bits per heavy atom. The number of aryl methyl sites for hydroxylation is 1. The molecule has 0 radical (unpaired) electrons. The van der Waals surface area contributed by atoms with Crippen LogP contribution in [0, 0.1) is 5.92 Å². The molecule has 2 N–H and O–H groups in total. The molecule has 0 fully saturated rings. The monoisotopic (exact) mass is 293 g/mol. The molecule has 0 aliphatic heterocycles. The van der Waals surface area contributed by atoms with Crippen LogP contribution < -0.4 is 10.1 Å². The average Bonchev–Trinajstić information content (AvgIpc) is 2.44. The highest BCUT2D eigenvalue weighted by atomic mass is 16.5. The molecule has 118 valence electrons. The van der Waals surface area contributed by atoms with E-state index in [9.17, 15) is 9.90 Å². The van der Waals surface area contributed by atoms with Gasteiger partial charge in [-0.05, 0) is 43.9 Å². The molecular formula is C17H27NO3. The maximum atomic E-state index is 11.8. The molecule has 0 saturated heterocycles. The zero-order valence-electron chi connectivity index (χ0n) is 13.5. The molecule has 1 amide bonds. The summed E-state index contributed by atoms with van der Waals surface area (Å²) in [5.74, 6) is 0.910. The standard InChI is InChI=1S/C17H27NO3/c1-5-21-15-9-6-14(7-10-15)8-11-16(19)18-12-17(4,20)13(2)3/h6-7,9-10,13,20H,5,8,11-12H2,1-4H3,(H,18,19). The van der Waals surface area contributed by atoms with Gasteiger partial charge < -0.3 is 15.2 Å². The lowest BCUT2D eigenvalue weighted by Gasteiger charge is -2.27. The van der Waals surface area contributed by atoms with Crippen LogP contribution >= 0.6 is 0 Å². The van der Waals surface area contributed by atoms with Gasteiger partial charge in [-0.3, -0.25) is 4.79 Å². The van der Waals surface area contributed by atoms with Crippen LogP contribution in [-0.4, -0.2) is 29.8 Å². The minimum Gasteiger partial charge on any atom is -0.494 e. The minimum atomic E-state index is -0.866. The molecular weight excluding hydrogens is 266 g/mol. The number of hydrogen-bond donors (Lipinski definition) is 2. The molecule has 0 aliphatic rings. The quantitative estimate of drug-likeness (QED) is 0.774. The molecule has 1 aromatic carbocycles. The third-order valence-corrected chi connectivity index (χ3v) is 3.76. The van der Waals surface area contributed by atoms with Crippen molar-refractivity contribution in [2.75, 3.05) is 13.2 Å². The van der Waals surface area contributed by atoms with Crippen molar-refractivity contribution in [3.63, 3.8) is 0 Å². The van der Waals surface area contributed by atoms with Crippen LogP contribution in [0.15, 0.2) is 24.3 Å². The zero-order chi connectivity index (χ0) is 15.9. The highest BCUT2D eigenvalue weighted by molar-refractivity contribution is 5.76. The summed E-state index contributed by atoms with van der Waals surface area (Å²) >= 11 is 0. The summed E-state index contributed by atoms with van der Waals surface area (Å²) in [6.45, 7) is 8.50. The van der Waals surface area contributed by atoms with E-state index in [0.717, 1.165) is 11.3 Å². The fourth-order valence-electron chi connectivity index (χ4n) is 1.75. The van der Waals surface area contributed by atoms with Crippen molar-refractivity contribution in [2.45, 2.75) is 46.1 Å². The number of aliphatic hydroxyl groups is 1. The molecule has 1 rings (SSSR count). The zero-order valence-corrected chi connectivity index (χ0v) is 13.5. The molecule has 0 heterocycles. The Hall–Kier alpha value is -1.55. The summed E-state index contributed by atoms with van der Waals surface area (Å²) in [5.41, 5.74) is 0.235. The fourth-order valence-corrected chi connectivity index (χ4v) is 1.75. The van der Waals surface area contributed by atoms with E-state index in [1.165, 1.54) is 0 Å². The van der Waals surface area contributed by atoms with Crippen LogP contribution in [0.5, 0.6) is 5.75 Å². The van der Waals surface area contributed by atoms with Gasteiger partial charge in [0.25, 0.3) is 0 Å². The Kier molecular flexibility index (Phi) is 6.69. The Labute approximate surface area is 127 Å². The molecule has 0 aromatic heterocycles. The van der Waals surface area contributed by atoms with E-state index in [-0.39, 0.29) is 18.4 Å². The van der Waals surface area contributed by atoms with Crippen molar-refractivity contribution >= 4 is 5.91 Å². The molecule has 21 heavy (non-hydrogen) atoms. The largest absolute Gasteiger partial charge is 0.494 e. The molecule has 0 aliphatic carbocycles. The van der Waals surface area contributed by atoms with E-state index >= 15 is 0 Å². The highest BCUT2D eigenvalue weighted by Gasteiger charge is 2.25. The summed E-state index contributed by atoms with van der Waals surface area (Å²) in [4.78, 5) is 11.8. The van der Waals surface area contributed by atoms with Crippen molar-refractivity contribution in [3.05, 3.63) is 29.8 Å². The molecule has 1 aromatic rings. The second-order valence-electron chi connectivity index (χ2n) is 5.87. The summed E-state index contributed by atoms with van der Waals surface area (Å²) < 4.78 is 5.38. The number of benzene rings is 1. The average molecular weight is 293 g/mol. The highest BCUT2D eigenvalue weighted by Crippen LogP contribution is 2.15. The predicted molar refractivity (Wildman–Crippen MR) is 84.4 cm³/mol. The van der Waals surface area contributed by atoms with Gasteiger partial charge in [-0.1, -0.05) is 26.0 Å². The van der Waals surface area contributed by atoms with E-state index in [2.05, 4.69) is 5.32 Å². The van der Waals surface area contributed by atoms with E-state index in [0.29, 0.717) is 19.4 Å². The Morgan fingerprint density at radius 3 is 2.48 bits per heavy atom. The van der Waals surface area contributed by atoms with Crippen LogP contribution in [0.25, 0.3) is 0 Å². The Balaban J connectivity index is 2.36. The predicted octanol–water partition coefficient (Wildman–Crippen LogP) is 2.54. The van der Waals surface area contributed by atoms with Crippen LogP contribution in [-0.2, 0) is 11.2 Å². The van der Waals surface area contributed by atoms with Crippen LogP contribution in [0.4, 0.5) is 0 Å². The second-order valence-corrected chi connectivity index (χ2v) is 5.87. The smallest absolute Gasteiger partial charge is 0.220 e. The maximum Gasteiger partial charge on any atom is 0.220 e. The number of nitrogens with one attached hydrogen (secondary N) is 1. The van der Waals surface area contributed by atoms with Crippen molar-refractivity contribution in [1.29, 1.82) is 0 Å². The topological polar surface area (TPSA) is 58.6 Å². The summed E-state index contributed by atoms with van der Waals surface area (Å²) in [6, 6.07) is 7.78. The van der Waals surface area contributed by atoms with Crippen molar-refractivity contribution in [3.8, 4) is 5.75 Å². The van der Waals surface area contributed by atoms with E-state index in [1.54, 1.807) is 6.92 Å². The van der Waals surface area contributed by atoms with Gasteiger partial charge in [0, 0.05) is 13.0 Å². The number of carbonyl (C=O) groups is 1. The third-order valence-electron chi connectivity index (χ3n) is 3.76. The first kappa shape index (κ1) is 17.5. The lowest BCUT2D eigenvalue weighted by Crippen LogP contribution is -2.44. The van der Waals surface area contributed by atoms with Crippen LogP contribution in [0.3, 0.4) is 0 Å². The fraction of sp³-hybridized carbons (Fsp3) is 0.588. The van der Waals surface area contributed by atoms with Gasteiger partial charge in [0.15, 0.2) is 0 Å². The second kappa shape index (κ2) is 8.03. The Morgan fingerprint density at radius 1 is 1.33 bits per heavy atom. The number of rotatable bonds is 8. The first-order valence-electron chi connectivity index (χ1n) is 7.56. The molecule has 0 spiro atoms. The number of hydrogen-bond acceptors (Lipinski definition) is 3. The van der Waals surface area contributed by atoms with Gasteiger partial charge in [0.2, 0.25) is 5.91 Å². The van der Waals surface area contributed by atoms with Gasteiger partial charge in [0.1, 0.15) is 5.75 Å². The molecule has 0 saturated carbocycles. The number of ether oxygens (including phenoxy) is 1. The van der Waals surface area contributed by atoms with Gasteiger partial charge in [-0.2, -0.15) is 0 Å². The lowest BCUT2D eigenvalue weighted by atomic mass is 9.92. The van der Waals surface area contributed by atoms with Crippen molar-refractivity contribution in [1.82, 2.24) is 5.32 Å². The van der Waals surface area contributed by atoms with Gasteiger partial charge in [-0.15, -0.1) is 0 Å². The summed E-state index contributed by atoms with van der Waals surface area (Å²) in [7, 11) is 0. The summed E-state index contributed by atoms with van der Waals surface area (Å²) in [5, 5.41) is 12.9. The van der Waals surface area contributed by atoms with E-state index in [1.807, 2.05) is 45.0 Å². The van der Waals surface area contributed by atoms with Crippen molar-refractivity contribution < 1.29 is 14.6 Å². The molecule has 1 unspecified atom stereocenters. The van der Waals surface area contributed by atoms with E-state index in [4.69, 9.17) is 4.74 Å². The molecule has 1 atom stereocenters. The van der Waals surface area contributed by atoms with Gasteiger partial charge in [0.05, 0.1) is 12.2 Å². The van der Waals surface area contributed by atoms with Crippen molar-refractivity contribution in [2.24, 2.45) is 5.92 Å². The SMILES string of the molecule is CCOc1ccc(CCC(=O)NCC(C)(O)C(C)C)cc1. The van der Waals surface area contributed by atoms with E-state index < -0.39 is 5.60 Å². The molecule has 0 bridgehead atoms. The first-order chi connectivity index (χ1) is 9.85. The molecule has 4 nitrogen and oxygen atoms in total. The maximum absolute atomic E-state index is 11.8. The third kappa shape index (κ3) is 6.17. The van der Waals surface area contributed by atoms with Gasteiger partial charge in [-0.25, -0.2) is 0 Å². The number of carbonyl (C=O) groups excluding carboxylic acids is 1. The summed E-state index contributed by atoms with van der Waals surface area (Å²) in [6.07, 6.45) is 1.10. The lowest BCUT2D eigenvalue weighted by molar-refractivity contribution is -0.122. The first-order valence-corrected chi connectivity index (χ1v) is 7.56. The van der Waals surface area contributed by atoms with Gasteiger partial charge >= 0.3 is 0 Å². The van der Waals surface area contributed by atoms with Crippen LogP contribution in [0.1, 0.15) is 39.7 Å². The Bertz CT molecular complexity index is 438. The number of amides is 1. The molecule has 4 heteroatoms. The van der Waals surface area contributed by atoms with Crippen LogP contribution in [0.2, 0.25) is 0 Å². The normalized spacial score (nSPS) is 13.8.